The van der Waals surface area contributed by atoms with Gasteiger partial charge < -0.3 is 9.47 Å². The molecule has 3 nitrogen and oxygen atoms in total. The van der Waals surface area contributed by atoms with Gasteiger partial charge in [0.2, 0.25) is 0 Å². The van der Waals surface area contributed by atoms with Gasteiger partial charge in [-0.15, -0.1) is 0 Å². The smallest absolute Gasteiger partial charge is 0.367 e. The number of allylic oxidation sites excluding steroid dienone is 1. The number of rotatable bonds is 2. The summed E-state index contributed by atoms with van der Waals surface area (Å²) < 4.78 is 11.5. The first kappa shape index (κ1) is 15.6. The van der Waals surface area contributed by atoms with Gasteiger partial charge in [-0.1, -0.05) is 12.5 Å². The molecule has 0 aromatic rings. The maximum absolute atomic E-state index is 11.4. The second-order valence-electron chi connectivity index (χ2n) is 5.52. The average Bonchev–Trinajstić information content (AvgIpc) is 2.25. The number of carbonyl (C=O) groups excluding carboxylic acids is 1. The molecule has 0 fully saturated rings. The Balaban J connectivity index is 2.73. The van der Waals surface area contributed by atoms with Crippen LogP contribution >= 0.6 is 11.8 Å². The van der Waals surface area contributed by atoms with Gasteiger partial charge in [0, 0.05) is 0 Å². The highest BCUT2D eigenvalue weighted by molar-refractivity contribution is 8.12. The summed E-state index contributed by atoms with van der Waals surface area (Å²) in [6.45, 7) is 6.09. The predicted molar refractivity (Wildman–Crippen MR) is 76.0 cm³/mol. The minimum atomic E-state index is -0.260. The van der Waals surface area contributed by atoms with E-state index in [4.69, 9.17) is 9.47 Å². The molecule has 0 N–H and O–H groups in total. The van der Waals surface area contributed by atoms with E-state index in [9.17, 15) is 4.79 Å². The third-order valence-electron chi connectivity index (χ3n) is 2.71. The van der Waals surface area contributed by atoms with Crippen LogP contribution in [0.2, 0.25) is 0 Å². The number of thioether (sulfide) groups is 1. The van der Waals surface area contributed by atoms with Crippen LogP contribution in [0.3, 0.4) is 0 Å². The van der Waals surface area contributed by atoms with E-state index in [1.54, 1.807) is 6.26 Å². The zero-order valence-electron chi connectivity index (χ0n) is 11.8. The summed E-state index contributed by atoms with van der Waals surface area (Å²) >= 11 is 1.10. The zero-order chi connectivity index (χ0) is 13.6. The van der Waals surface area contributed by atoms with E-state index in [0.717, 1.165) is 31.0 Å². The summed E-state index contributed by atoms with van der Waals surface area (Å²) in [7, 11) is 0. The van der Waals surface area contributed by atoms with Crippen LogP contribution in [0.4, 0.5) is 4.79 Å². The molecular formula is C14H24O3S. The Morgan fingerprint density at radius 1 is 1.33 bits per heavy atom. The van der Waals surface area contributed by atoms with E-state index in [1.807, 2.05) is 26.8 Å². The standard InChI is InChI=1S/C14H24O3S/c1-14(2,3)17-12-10-8-6-5-7-9-11(12)16-13(15)18-4/h7,9,11-12H,5-6,8,10H2,1-4H3/b9-7+. The molecule has 4 heteroatoms. The fourth-order valence-electron chi connectivity index (χ4n) is 1.98. The number of hydrogen-bond donors (Lipinski definition) is 0. The molecule has 1 aliphatic carbocycles. The molecule has 0 radical (unpaired) electrons. The topological polar surface area (TPSA) is 35.5 Å². The summed E-state index contributed by atoms with van der Waals surface area (Å²) in [5, 5.41) is -0.243. The van der Waals surface area contributed by atoms with Crippen LogP contribution in [0.1, 0.15) is 46.5 Å². The van der Waals surface area contributed by atoms with E-state index in [-0.39, 0.29) is 23.1 Å². The Labute approximate surface area is 114 Å². The molecule has 104 valence electrons. The quantitative estimate of drug-likeness (QED) is 0.558. The van der Waals surface area contributed by atoms with Gasteiger partial charge in [0.05, 0.1) is 11.7 Å². The van der Waals surface area contributed by atoms with E-state index >= 15 is 0 Å². The van der Waals surface area contributed by atoms with Crippen molar-refractivity contribution >= 4 is 17.1 Å². The second-order valence-corrected chi connectivity index (χ2v) is 6.26. The molecule has 0 saturated heterocycles. The van der Waals surface area contributed by atoms with Crippen molar-refractivity contribution in [3.63, 3.8) is 0 Å². The van der Waals surface area contributed by atoms with Crippen LogP contribution in [0, 0.1) is 0 Å². The molecule has 0 aliphatic heterocycles. The largest absolute Gasteiger partial charge is 0.447 e. The van der Waals surface area contributed by atoms with Crippen LogP contribution in [-0.2, 0) is 9.47 Å². The Morgan fingerprint density at radius 2 is 2.06 bits per heavy atom. The Kier molecular flexibility index (Phi) is 6.22. The van der Waals surface area contributed by atoms with Gasteiger partial charge in [0.15, 0.2) is 0 Å². The van der Waals surface area contributed by atoms with Crippen molar-refractivity contribution in [2.75, 3.05) is 6.26 Å². The average molecular weight is 272 g/mol. The maximum Gasteiger partial charge on any atom is 0.367 e. The molecule has 0 bridgehead atoms. The third-order valence-corrected chi connectivity index (χ3v) is 3.14. The van der Waals surface area contributed by atoms with Crippen molar-refractivity contribution in [1.29, 1.82) is 0 Å². The van der Waals surface area contributed by atoms with Crippen molar-refractivity contribution in [3.8, 4) is 0 Å². The summed E-state index contributed by atoms with van der Waals surface area (Å²) in [4.78, 5) is 11.4. The molecule has 0 aromatic carbocycles. The van der Waals surface area contributed by atoms with Crippen molar-refractivity contribution in [2.24, 2.45) is 0 Å². The van der Waals surface area contributed by atoms with Gasteiger partial charge >= 0.3 is 5.30 Å². The first-order valence-electron chi connectivity index (χ1n) is 6.51. The molecule has 18 heavy (non-hydrogen) atoms. The minimum Gasteiger partial charge on any atom is -0.447 e. The molecular weight excluding hydrogens is 248 g/mol. The first-order chi connectivity index (χ1) is 8.42. The summed E-state index contributed by atoms with van der Waals surface area (Å²) in [6, 6.07) is 0. The van der Waals surface area contributed by atoms with Gasteiger partial charge in [-0.2, -0.15) is 0 Å². The molecule has 0 spiro atoms. The number of ether oxygens (including phenoxy) is 2. The van der Waals surface area contributed by atoms with Gasteiger partial charge in [-0.05, 0) is 64.1 Å². The van der Waals surface area contributed by atoms with Crippen molar-refractivity contribution in [2.45, 2.75) is 64.3 Å². The molecule has 1 rings (SSSR count). The molecule has 2 atom stereocenters. The fourth-order valence-corrected chi connectivity index (χ4v) is 2.19. The van der Waals surface area contributed by atoms with E-state index < -0.39 is 0 Å². The van der Waals surface area contributed by atoms with E-state index in [0.29, 0.717) is 0 Å². The lowest BCUT2D eigenvalue weighted by atomic mass is 10.00. The van der Waals surface area contributed by atoms with Crippen LogP contribution in [0.5, 0.6) is 0 Å². The minimum absolute atomic E-state index is 0.0438. The summed E-state index contributed by atoms with van der Waals surface area (Å²) in [5.41, 5.74) is -0.221. The van der Waals surface area contributed by atoms with Crippen LogP contribution in [0.25, 0.3) is 0 Å². The highest BCUT2D eigenvalue weighted by Crippen LogP contribution is 2.24. The van der Waals surface area contributed by atoms with Gasteiger partial charge in [-0.3, -0.25) is 0 Å². The Morgan fingerprint density at radius 3 is 2.67 bits per heavy atom. The SMILES string of the molecule is CSC(=O)OC1/C=C/CCCCC1OC(C)(C)C. The highest BCUT2D eigenvalue weighted by Gasteiger charge is 2.28. The zero-order valence-corrected chi connectivity index (χ0v) is 12.6. The highest BCUT2D eigenvalue weighted by atomic mass is 32.2. The van der Waals surface area contributed by atoms with Crippen molar-refractivity contribution in [3.05, 3.63) is 12.2 Å². The van der Waals surface area contributed by atoms with Gasteiger partial charge in [0.1, 0.15) is 6.10 Å². The number of hydrogen-bond acceptors (Lipinski definition) is 4. The lowest BCUT2D eigenvalue weighted by Crippen LogP contribution is -2.37. The fraction of sp³-hybridized carbons (Fsp3) is 0.786. The monoisotopic (exact) mass is 272 g/mol. The predicted octanol–water partition coefficient (Wildman–Crippen LogP) is 4.17. The number of carbonyl (C=O) groups is 1. The van der Waals surface area contributed by atoms with Gasteiger partial charge in [-0.25, -0.2) is 4.79 Å². The lowest BCUT2D eigenvalue weighted by molar-refractivity contribution is -0.102. The summed E-state index contributed by atoms with van der Waals surface area (Å²) in [5.74, 6) is 0. The van der Waals surface area contributed by atoms with Crippen LogP contribution < -0.4 is 0 Å². The first-order valence-corrected chi connectivity index (χ1v) is 7.74. The molecule has 0 saturated carbocycles. The second kappa shape index (κ2) is 7.19. The molecule has 0 aromatic heterocycles. The van der Waals surface area contributed by atoms with Crippen molar-refractivity contribution in [1.82, 2.24) is 0 Å². The lowest BCUT2D eigenvalue weighted by Gasteiger charge is -2.32. The Hall–Kier alpha value is -0.480. The van der Waals surface area contributed by atoms with Crippen LogP contribution in [-0.4, -0.2) is 29.4 Å². The molecule has 2 unspecified atom stereocenters. The van der Waals surface area contributed by atoms with Crippen molar-refractivity contribution < 1.29 is 14.3 Å². The third kappa shape index (κ3) is 5.91. The van der Waals surface area contributed by atoms with E-state index in [1.165, 1.54) is 6.42 Å². The normalized spacial score (nSPS) is 27.1. The van der Waals surface area contributed by atoms with Gasteiger partial charge in [0.25, 0.3) is 0 Å². The summed E-state index contributed by atoms with van der Waals surface area (Å²) in [6.07, 6.45) is 9.77. The molecule has 1 aliphatic rings. The molecule has 0 heterocycles. The van der Waals surface area contributed by atoms with Crippen LogP contribution in [0.15, 0.2) is 12.2 Å². The Bertz CT molecular complexity index is 294. The maximum atomic E-state index is 11.4. The van der Waals surface area contributed by atoms with E-state index in [2.05, 4.69) is 6.08 Å². The molecule has 0 amide bonds.